The zero-order valence-corrected chi connectivity index (χ0v) is 13.3. The Morgan fingerprint density at radius 1 is 1.32 bits per heavy atom. The van der Waals surface area contributed by atoms with Gasteiger partial charge in [0.2, 0.25) is 5.91 Å². The smallest absolute Gasteiger partial charge is 0.315 e. The molecule has 0 bridgehead atoms. The van der Waals surface area contributed by atoms with Crippen LogP contribution in [0.25, 0.3) is 0 Å². The van der Waals surface area contributed by atoms with E-state index in [2.05, 4.69) is 16.7 Å². The van der Waals surface area contributed by atoms with Crippen LogP contribution in [0.4, 0.5) is 10.5 Å². The molecule has 2 rings (SSSR count). The van der Waals surface area contributed by atoms with E-state index in [1.165, 1.54) is 0 Å². The third-order valence-corrected chi connectivity index (χ3v) is 3.62. The average molecular weight is 305 g/mol. The highest BCUT2D eigenvalue weighted by Gasteiger charge is 2.33. The fourth-order valence-corrected chi connectivity index (χ4v) is 2.65. The van der Waals surface area contributed by atoms with E-state index in [-0.39, 0.29) is 11.9 Å². The number of methoxy groups -OCH3 is 1. The van der Waals surface area contributed by atoms with E-state index in [0.717, 1.165) is 16.8 Å². The van der Waals surface area contributed by atoms with E-state index in [0.29, 0.717) is 26.1 Å². The minimum atomic E-state index is -0.469. The molecule has 1 fully saturated rings. The Bertz CT molecular complexity index is 539. The number of aryl methyl sites for hydroxylation is 2. The van der Waals surface area contributed by atoms with Crippen molar-refractivity contribution in [1.29, 1.82) is 0 Å². The number of hydrogen-bond donors (Lipinski definition) is 2. The van der Waals surface area contributed by atoms with Gasteiger partial charge in [-0.15, -0.1) is 0 Å². The molecular weight excluding hydrogens is 282 g/mol. The SMILES string of the molecule is COCCNC(=O)NC1CCN(c2cc(C)cc(C)c2)C1=O. The molecule has 1 aliphatic rings. The molecule has 0 aliphatic carbocycles. The number of nitrogens with one attached hydrogen (secondary N) is 2. The number of amides is 3. The minimum Gasteiger partial charge on any atom is -0.383 e. The van der Waals surface area contributed by atoms with Crippen molar-refractivity contribution in [2.24, 2.45) is 0 Å². The van der Waals surface area contributed by atoms with E-state index in [4.69, 9.17) is 4.74 Å². The predicted molar refractivity (Wildman–Crippen MR) is 85.1 cm³/mol. The number of urea groups is 1. The number of hydrogen-bond acceptors (Lipinski definition) is 3. The summed E-state index contributed by atoms with van der Waals surface area (Å²) in [7, 11) is 1.57. The van der Waals surface area contributed by atoms with Crippen LogP contribution in [0.15, 0.2) is 18.2 Å². The highest BCUT2D eigenvalue weighted by Crippen LogP contribution is 2.24. The predicted octanol–water partition coefficient (Wildman–Crippen LogP) is 1.35. The van der Waals surface area contributed by atoms with Crippen LogP contribution >= 0.6 is 0 Å². The van der Waals surface area contributed by atoms with E-state index >= 15 is 0 Å². The van der Waals surface area contributed by atoms with Crippen LogP contribution in [0, 0.1) is 13.8 Å². The molecule has 1 aromatic rings. The minimum absolute atomic E-state index is 0.0631. The van der Waals surface area contributed by atoms with Crippen molar-refractivity contribution >= 4 is 17.6 Å². The number of nitrogens with zero attached hydrogens (tertiary/aromatic N) is 1. The third kappa shape index (κ3) is 3.98. The van der Waals surface area contributed by atoms with Crippen LogP contribution in [0.1, 0.15) is 17.5 Å². The van der Waals surface area contributed by atoms with Crippen LogP contribution in [-0.2, 0) is 9.53 Å². The number of rotatable bonds is 5. The summed E-state index contributed by atoms with van der Waals surface area (Å²) in [5, 5.41) is 5.38. The maximum absolute atomic E-state index is 12.5. The number of benzene rings is 1. The van der Waals surface area contributed by atoms with Crippen LogP contribution in [-0.4, -0.2) is 44.8 Å². The summed E-state index contributed by atoms with van der Waals surface area (Å²) < 4.78 is 4.86. The summed E-state index contributed by atoms with van der Waals surface area (Å²) in [6, 6.07) is 5.25. The van der Waals surface area contributed by atoms with Gasteiger partial charge in [0.25, 0.3) is 0 Å². The number of ether oxygens (including phenoxy) is 1. The molecule has 120 valence electrons. The van der Waals surface area contributed by atoms with Crippen molar-refractivity contribution < 1.29 is 14.3 Å². The van der Waals surface area contributed by atoms with Gasteiger partial charge >= 0.3 is 6.03 Å². The van der Waals surface area contributed by atoms with E-state index in [1.807, 2.05) is 26.0 Å². The fraction of sp³-hybridized carbons (Fsp3) is 0.500. The van der Waals surface area contributed by atoms with Gasteiger partial charge in [-0.3, -0.25) is 4.79 Å². The maximum atomic E-state index is 12.5. The van der Waals surface area contributed by atoms with Crippen molar-refractivity contribution in [2.45, 2.75) is 26.3 Å². The van der Waals surface area contributed by atoms with Gasteiger partial charge in [-0.25, -0.2) is 4.79 Å². The van der Waals surface area contributed by atoms with Gasteiger partial charge in [0.15, 0.2) is 0 Å². The van der Waals surface area contributed by atoms with Crippen molar-refractivity contribution in [2.75, 3.05) is 31.7 Å². The molecule has 1 unspecified atom stereocenters. The lowest BCUT2D eigenvalue weighted by Gasteiger charge is -2.18. The highest BCUT2D eigenvalue weighted by atomic mass is 16.5. The van der Waals surface area contributed by atoms with Crippen molar-refractivity contribution in [1.82, 2.24) is 10.6 Å². The van der Waals surface area contributed by atoms with Gasteiger partial charge in [-0.2, -0.15) is 0 Å². The highest BCUT2D eigenvalue weighted by molar-refractivity contribution is 6.01. The summed E-state index contributed by atoms with van der Waals surface area (Å²) in [6.07, 6.45) is 0.615. The molecule has 22 heavy (non-hydrogen) atoms. The second-order valence-corrected chi connectivity index (χ2v) is 5.57. The molecule has 6 nitrogen and oxygen atoms in total. The van der Waals surface area contributed by atoms with Gasteiger partial charge < -0.3 is 20.3 Å². The molecule has 1 atom stereocenters. The van der Waals surface area contributed by atoms with E-state index in [1.54, 1.807) is 12.0 Å². The molecule has 1 aromatic carbocycles. The van der Waals surface area contributed by atoms with Crippen LogP contribution < -0.4 is 15.5 Å². The number of anilines is 1. The van der Waals surface area contributed by atoms with Crippen LogP contribution in [0.2, 0.25) is 0 Å². The van der Waals surface area contributed by atoms with Crippen molar-refractivity contribution in [3.05, 3.63) is 29.3 Å². The average Bonchev–Trinajstić information content (AvgIpc) is 2.79. The van der Waals surface area contributed by atoms with Crippen LogP contribution in [0.3, 0.4) is 0 Å². The molecular formula is C16H23N3O3. The first-order chi connectivity index (χ1) is 10.5. The first kappa shape index (κ1) is 16.3. The first-order valence-corrected chi connectivity index (χ1v) is 7.44. The Morgan fingerprint density at radius 3 is 2.64 bits per heavy atom. The Hall–Kier alpha value is -2.08. The zero-order valence-electron chi connectivity index (χ0n) is 13.3. The van der Waals surface area contributed by atoms with Crippen LogP contribution in [0.5, 0.6) is 0 Å². The quantitative estimate of drug-likeness (QED) is 0.807. The lowest BCUT2D eigenvalue weighted by molar-refractivity contribution is -0.118. The molecule has 1 aliphatic heterocycles. The molecule has 1 heterocycles. The Morgan fingerprint density at radius 2 is 2.00 bits per heavy atom. The first-order valence-electron chi connectivity index (χ1n) is 7.44. The summed E-state index contributed by atoms with van der Waals surface area (Å²) in [5.41, 5.74) is 3.14. The Balaban J connectivity index is 1.96. The molecule has 0 spiro atoms. The summed E-state index contributed by atoms with van der Waals surface area (Å²) >= 11 is 0. The summed E-state index contributed by atoms with van der Waals surface area (Å²) in [6.45, 7) is 5.50. The third-order valence-electron chi connectivity index (χ3n) is 3.62. The van der Waals surface area contributed by atoms with Gasteiger partial charge in [0, 0.05) is 25.9 Å². The standard InChI is InChI=1S/C16H23N3O3/c1-11-8-12(2)10-13(9-11)19-6-4-14(15(19)20)18-16(21)17-5-7-22-3/h8-10,14H,4-7H2,1-3H3,(H2,17,18,21). The molecule has 0 radical (unpaired) electrons. The summed E-state index contributed by atoms with van der Waals surface area (Å²) in [4.78, 5) is 25.9. The molecule has 0 aromatic heterocycles. The molecule has 3 amide bonds. The normalized spacial score (nSPS) is 17.7. The number of carbonyl (C=O) groups is 2. The zero-order chi connectivity index (χ0) is 16.1. The molecule has 0 saturated carbocycles. The fourth-order valence-electron chi connectivity index (χ4n) is 2.65. The van der Waals surface area contributed by atoms with Crippen molar-refractivity contribution in [3.63, 3.8) is 0 Å². The molecule has 2 N–H and O–H groups in total. The second kappa shape index (κ2) is 7.26. The van der Waals surface area contributed by atoms with Gasteiger partial charge in [-0.1, -0.05) is 6.07 Å². The van der Waals surface area contributed by atoms with Gasteiger partial charge in [0.05, 0.1) is 6.61 Å². The van der Waals surface area contributed by atoms with Crippen molar-refractivity contribution in [3.8, 4) is 0 Å². The van der Waals surface area contributed by atoms with E-state index in [9.17, 15) is 9.59 Å². The van der Waals surface area contributed by atoms with Gasteiger partial charge in [0.1, 0.15) is 6.04 Å². The summed E-state index contributed by atoms with van der Waals surface area (Å²) in [5.74, 6) is -0.0631. The Labute approximate surface area is 130 Å². The van der Waals surface area contributed by atoms with Gasteiger partial charge in [-0.05, 0) is 43.5 Å². The monoisotopic (exact) mass is 305 g/mol. The number of carbonyl (C=O) groups excluding carboxylic acids is 2. The molecule has 1 saturated heterocycles. The largest absolute Gasteiger partial charge is 0.383 e. The Kier molecular flexibility index (Phi) is 5.38. The lowest BCUT2D eigenvalue weighted by atomic mass is 10.1. The van der Waals surface area contributed by atoms with E-state index < -0.39 is 6.04 Å². The lowest BCUT2D eigenvalue weighted by Crippen LogP contribution is -2.46. The second-order valence-electron chi connectivity index (χ2n) is 5.57. The topological polar surface area (TPSA) is 70.7 Å². The maximum Gasteiger partial charge on any atom is 0.315 e. The molecule has 6 heteroatoms.